The number of rotatable bonds is 6. The molecule has 18 heavy (non-hydrogen) atoms. The summed E-state index contributed by atoms with van der Waals surface area (Å²) in [6.07, 6.45) is 2.87. The third-order valence-corrected chi connectivity index (χ3v) is 3.53. The molecular weight excluding hydrogens is 256 g/mol. The topological polar surface area (TPSA) is 101 Å². The van der Waals surface area contributed by atoms with E-state index in [1.807, 2.05) is 0 Å². The molecule has 1 heterocycles. The maximum absolute atomic E-state index is 11.6. The van der Waals surface area contributed by atoms with Crippen molar-refractivity contribution in [2.45, 2.75) is 13.8 Å². The molecule has 1 rings (SSSR count). The van der Waals surface area contributed by atoms with E-state index in [1.165, 1.54) is 12.4 Å². The molecule has 2 N–H and O–H groups in total. The fourth-order valence-corrected chi connectivity index (χ4v) is 1.70. The highest BCUT2D eigenvalue weighted by atomic mass is 32.2. The first kappa shape index (κ1) is 14.5. The molecule has 0 radical (unpaired) electrons. The number of hydrogen-bond acceptors (Lipinski definition) is 5. The van der Waals surface area contributed by atoms with Gasteiger partial charge in [0.15, 0.2) is 0 Å². The smallest absolute Gasteiger partial charge is 0.271 e. The van der Waals surface area contributed by atoms with Gasteiger partial charge in [0.1, 0.15) is 5.69 Å². The highest BCUT2D eigenvalue weighted by Crippen LogP contribution is 1.93. The van der Waals surface area contributed by atoms with Crippen LogP contribution in [0.2, 0.25) is 0 Å². The van der Waals surface area contributed by atoms with Gasteiger partial charge in [-0.3, -0.25) is 9.78 Å². The summed E-state index contributed by atoms with van der Waals surface area (Å²) in [5.74, 6) is -0.358. The molecule has 8 heteroatoms. The van der Waals surface area contributed by atoms with Gasteiger partial charge in [-0.1, -0.05) is 0 Å². The predicted octanol–water partition coefficient (Wildman–Crippen LogP) is -0.546. The average Bonchev–Trinajstić information content (AvgIpc) is 2.35. The van der Waals surface area contributed by atoms with E-state index in [0.717, 1.165) is 5.69 Å². The van der Waals surface area contributed by atoms with E-state index in [-0.39, 0.29) is 30.4 Å². The number of amides is 1. The molecule has 7 nitrogen and oxygen atoms in total. The van der Waals surface area contributed by atoms with E-state index < -0.39 is 10.0 Å². The van der Waals surface area contributed by atoms with Gasteiger partial charge in [-0.25, -0.2) is 18.1 Å². The van der Waals surface area contributed by atoms with E-state index in [1.54, 1.807) is 13.8 Å². The molecular formula is C10H16N4O3S. The van der Waals surface area contributed by atoms with Gasteiger partial charge in [-0.05, 0) is 13.8 Å². The molecule has 0 saturated heterocycles. The standard InChI is InChI=1S/C10H16N4O3S/c1-3-18(16,17)14-5-4-11-10(15)9-7-12-8(2)6-13-9/h6-7,14H,3-5H2,1-2H3,(H,11,15). The quantitative estimate of drug-likeness (QED) is 0.677. The lowest BCUT2D eigenvalue weighted by atomic mass is 10.4. The minimum Gasteiger partial charge on any atom is -0.349 e. The highest BCUT2D eigenvalue weighted by molar-refractivity contribution is 7.89. The van der Waals surface area contributed by atoms with Crippen LogP contribution in [0.4, 0.5) is 0 Å². The van der Waals surface area contributed by atoms with Crippen molar-refractivity contribution in [1.82, 2.24) is 20.0 Å². The first-order chi connectivity index (χ1) is 8.44. The summed E-state index contributed by atoms with van der Waals surface area (Å²) >= 11 is 0. The van der Waals surface area contributed by atoms with Crippen molar-refractivity contribution in [3.05, 3.63) is 23.8 Å². The van der Waals surface area contributed by atoms with Crippen LogP contribution in [0.5, 0.6) is 0 Å². The lowest BCUT2D eigenvalue weighted by Crippen LogP contribution is -2.35. The van der Waals surface area contributed by atoms with Crippen LogP contribution in [0.15, 0.2) is 12.4 Å². The van der Waals surface area contributed by atoms with Gasteiger partial charge in [0.05, 0.1) is 17.6 Å². The second-order valence-electron chi connectivity index (χ2n) is 3.60. The Morgan fingerprint density at radius 3 is 2.56 bits per heavy atom. The van der Waals surface area contributed by atoms with Crippen molar-refractivity contribution in [2.24, 2.45) is 0 Å². The van der Waals surface area contributed by atoms with Crippen LogP contribution in [0.1, 0.15) is 23.1 Å². The number of nitrogens with zero attached hydrogens (tertiary/aromatic N) is 2. The van der Waals surface area contributed by atoms with Crippen molar-refractivity contribution in [2.75, 3.05) is 18.8 Å². The fourth-order valence-electron chi connectivity index (χ4n) is 1.09. The molecule has 1 aromatic heterocycles. The zero-order valence-electron chi connectivity index (χ0n) is 10.3. The van der Waals surface area contributed by atoms with E-state index in [0.29, 0.717) is 0 Å². The summed E-state index contributed by atoms with van der Waals surface area (Å²) < 4.78 is 24.6. The van der Waals surface area contributed by atoms with Gasteiger partial charge in [0.2, 0.25) is 10.0 Å². The fraction of sp³-hybridized carbons (Fsp3) is 0.500. The minimum atomic E-state index is -3.22. The Kier molecular flexibility index (Phi) is 5.17. The molecule has 0 atom stereocenters. The molecule has 0 spiro atoms. The molecule has 0 aliphatic carbocycles. The zero-order valence-corrected chi connectivity index (χ0v) is 11.1. The molecule has 0 aliphatic heterocycles. The van der Waals surface area contributed by atoms with Gasteiger partial charge in [0.25, 0.3) is 5.91 Å². The van der Waals surface area contributed by atoms with Crippen LogP contribution in [0, 0.1) is 6.92 Å². The Balaban J connectivity index is 2.36. The molecule has 1 aromatic rings. The normalized spacial score (nSPS) is 11.2. The maximum atomic E-state index is 11.6. The summed E-state index contributed by atoms with van der Waals surface area (Å²) in [6, 6.07) is 0. The Hall–Kier alpha value is -1.54. The molecule has 0 fully saturated rings. The summed E-state index contributed by atoms with van der Waals surface area (Å²) in [5, 5.41) is 2.55. The molecule has 0 aromatic carbocycles. The molecule has 1 amide bonds. The van der Waals surface area contributed by atoms with Crippen LogP contribution in [0.3, 0.4) is 0 Å². The maximum Gasteiger partial charge on any atom is 0.271 e. The van der Waals surface area contributed by atoms with Crippen molar-refractivity contribution >= 4 is 15.9 Å². The molecule has 100 valence electrons. The number of nitrogens with one attached hydrogen (secondary N) is 2. The largest absolute Gasteiger partial charge is 0.349 e. The number of hydrogen-bond donors (Lipinski definition) is 2. The van der Waals surface area contributed by atoms with Crippen LogP contribution < -0.4 is 10.0 Å². The lowest BCUT2D eigenvalue weighted by Gasteiger charge is -2.06. The van der Waals surface area contributed by atoms with E-state index in [4.69, 9.17) is 0 Å². The summed E-state index contributed by atoms with van der Waals surface area (Å²) in [5.41, 5.74) is 0.932. The van der Waals surface area contributed by atoms with Crippen molar-refractivity contribution in [3.8, 4) is 0 Å². The van der Waals surface area contributed by atoms with Gasteiger partial charge < -0.3 is 5.32 Å². The molecule has 0 aliphatic rings. The summed E-state index contributed by atoms with van der Waals surface area (Å²) in [7, 11) is -3.22. The molecule has 0 unspecified atom stereocenters. The van der Waals surface area contributed by atoms with Gasteiger partial charge in [-0.15, -0.1) is 0 Å². The monoisotopic (exact) mass is 272 g/mol. The zero-order chi connectivity index (χ0) is 13.6. The predicted molar refractivity (Wildman–Crippen MR) is 66.6 cm³/mol. The van der Waals surface area contributed by atoms with E-state index in [9.17, 15) is 13.2 Å². The Morgan fingerprint density at radius 1 is 1.28 bits per heavy atom. The second kappa shape index (κ2) is 6.41. The van der Waals surface area contributed by atoms with Gasteiger partial charge in [0, 0.05) is 19.3 Å². The van der Waals surface area contributed by atoms with Crippen molar-refractivity contribution in [3.63, 3.8) is 0 Å². The first-order valence-corrected chi connectivity index (χ1v) is 7.14. The Labute approximate surface area is 106 Å². The summed E-state index contributed by atoms with van der Waals surface area (Å²) in [4.78, 5) is 19.4. The van der Waals surface area contributed by atoms with Crippen LogP contribution in [-0.2, 0) is 10.0 Å². The van der Waals surface area contributed by atoms with Gasteiger partial charge >= 0.3 is 0 Å². The molecule has 0 saturated carbocycles. The van der Waals surface area contributed by atoms with Gasteiger partial charge in [-0.2, -0.15) is 0 Å². The van der Waals surface area contributed by atoms with Crippen LogP contribution in [0.25, 0.3) is 0 Å². The van der Waals surface area contributed by atoms with Crippen LogP contribution >= 0.6 is 0 Å². The van der Waals surface area contributed by atoms with E-state index in [2.05, 4.69) is 20.0 Å². The van der Waals surface area contributed by atoms with Crippen molar-refractivity contribution in [1.29, 1.82) is 0 Å². The number of sulfonamides is 1. The van der Waals surface area contributed by atoms with Crippen molar-refractivity contribution < 1.29 is 13.2 Å². The number of aryl methyl sites for hydroxylation is 1. The average molecular weight is 272 g/mol. The molecule has 0 bridgehead atoms. The van der Waals surface area contributed by atoms with E-state index >= 15 is 0 Å². The first-order valence-electron chi connectivity index (χ1n) is 5.49. The minimum absolute atomic E-state index is 0.0182. The summed E-state index contributed by atoms with van der Waals surface area (Å²) in [6.45, 7) is 3.67. The SMILES string of the molecule is CCS(=O)(=O)NCCNC(=O)c1cnc(C)cn1. The highest BCUT2D eigenvalue weighted by Gasteiger charge is 2.08. The second-order valence-corrected chi connectivity index (χ2v) is 5.69. The Bertz CT molecular complexity index is 498. The number of aromatic nitrogens is 2. The Morgan fingerprint density at radius 2 is 2.00 bits per heavy atom. The lowest BCUT2D eigenvalue weighted by molar-refractivity contribution is 0.0949. The third-order valence-electron chi connectivity index (χ3n) is 2.13. The number of carbonyl (C=O) groups is 1. The number of carbonyl (C=O) groups excluding carboxylic acids is 1. The van der Waals surface area contributed by atoms with Crippen LogP contribution in [-0.4, -0.2) is 43.1 Å². The third kappa shape index (κ3) is 4.76.